The van der Waals surface area contributed by atoms with Gasteiger partial charge in [-0.15, -0.1) is 11.8 Å². The lowest BCUT2D eigenvalue weighted by atomic mass is 10.1. The molecule has 4 nitrogen and oxygen atoms in total. The van der Waals surface area contributed by atoms with Crippen molar-refractivity contribution in [1.82, 2.24) is 10.2 Å². The molecule has 0 saturated heterocycles. The number of thioether (sulfide) groups is 1. The molecule has 0 radical (unpaired) electrons. The molecule has 0 heterocycles. The van der Waals surface area contributed by atoms with Crippen LogP contribution in [0.15, 0.2) is 42.5 Å². The summed E-state index contributed by atoms with van der Waals surface area (Å²) < 4.78 is 0. The van der Waals surface area contributed by atoms with Crippen molar-refractivity contribution >= 4 is 58.4 Å². The fourth-order valence-corrected chi connectivity index (χ4v) is 4.37. The minimum atomic E-state index is -0.634. The third-order valence-corrected chi connectivity index (χ3v) is 6.40. The molecule has 0 saturated carbocycles. The summed E-state index contributed by atoms with van der Waals surface area (Å²) in [5.74, 6) is 0.881. The maximum Gasteiger partial charge on any atom is 0.242 e. The largest absolute Gasteiger partial charge is 0.354 e. The number of halogens is 3. The van der Waals surface area contributed by atoms with Crippen LogP contribution in [0, 0.1) is 5.92 Å². The topological polar surface area (TPSA) is 49.4 Å². The molecule has 0 aliphatic rings. The molecule has 1 atom stereocenters. The summed E-state index contributed by atoms with van der Waals surface area (Å²) in [6.45, 7) is 6.56. The van der Waals surface area contributed by atoms with E-state index >= 15 is 0 Å². The van der Waals surface area contributed by atoms with Crippen molar-refractivity contribution in [2.75, 3.05) is 12.3 Å². The Labute approximate surface area is 203 Å². The number of nitrogens with one attached hydrogen (secondary N) is 1. The van der Waals surface area contributed by atoms with Crippen molar-refractivity contribution in [3.8, 4) is 0 Å². The molecule has 168 valence electrons. The minimum Gasteiger partial charge on any atom is -0.354 e. The van der Waals surface area contributed by atoms with Gasteiger partial charge in [0.05, 0.1) is 5.75 Å². The van der Waals surface area contributed by atoms with Gasteiger partial charge in [-0.05, 0) is 48.2 Å². The van der Waals surface area contributed by atoms with Crippen LogP contribution in [0.3, 0.4) is 0 Å². The lowest BCUT2D eigenvalue weighted by Gasteiger charge is -2.29. The molecule has 0 fully saturated rings. The fraction of sp³-hybridized carbons (Fsp3) is 0.391. The quantitative estimate of drug-likeness (QED) is 0.430. The number of carbonyl (C=O) groups excluding carboxylic acids is 2. The number of hydrogen-bond acceptors (Lipinski definition) is 3. The van der Waals surface area contributed by atoms with E-state index in [2.05, 4.69) is 5.32 Å². The monoisotopic (exact) mass is 500 g/mol. The second-order valence-electron chi connectivity index (χ2n) is 7.70. The highest BCUT2D eigenvalue weighted by Gasteiger charge is 2.26. The Hall–Kier alpha value is -1.40. The molecule has 0 aliphatic heterocycles. The molecule has 2 aromatic rings. The van der Waals surface area contributed by atoms with E-state index in [1.807, 2.05) is 38.1 Å². The number of carbonyl (C=O) groups is 2. The van der Waals surface area contributed by atoms with Gasteiger partial charge in [0.1, 0.15) is 6.04 Å². The Bertz CT molecular complexity index is 908. The van der Waals surface area contributed by atoms with Crippen molar-refractivity contribution in [3.63, 3.8) is 0 Å². The van der Waals surface area contributed by atoms with Crippen LogP contribution in [0.2, 0.25) is 15.1 Å². The average Bonchev–Trinajstić information content (AvgIpc) is 2.71. The van der Waals surface area contributed by atoms with Crippen LogP contribution < -0.4 is 5.32 Å². The summed E-state index contributed by atoms with van der Waals surface area (Å²) in [6, 6.07) is 12.1. The smallest absolute Gasteiger partial charge is 0.242 e. The van der Waals surface area contributed by atoms with Gasteiger partial charge >= 0.3 is 0 Å². The molecule has 0 unspecified atom stereocenters. The van der Waals surface area contributed by atoms with Gasteiger partial charge in [-0.3, -0.25) is 9.59 Å². The maximum atomic E-state index is 13.1. The SMILES string of the molecule is CC(C)CNC(=O)[C@@H](C)N(Cc1ccc(Cl)cc1Cl)C(=O)CSCc1cccc(Cl)c1. The summed E-state index contributed by atoms with van der Waals surface area (Å²) in [6.07, 6.45) is 0. The van der Waals surface area contributed by atoms with Crippen LogP contribution in [0.1, 0.15) is 31.9 Å². The average molecular weight is 502 g/mol. The molecule has 2 aromatic carbocycles. The number of benzene rings is 2. The highest BCUT2D eigenvalue weighted by Crippen LogP contribution is 2.24. The predicted molar refractivity (Wildman–Crippen MR) is 132 cm³/mol. The van der Waals surface area contributed by atoms with Crippen LogP contribution in [-0.2, 0) is 21.9 Å². The molecule has 2 amide bonds. The second kappa shape index (κ2) is 12.6. The Morgan fingerprint density at radius 2 is 1.74 bits per heavy atom. The maximum absolute atomic E-state index is 13.1. The van der Waals surface area contributed by atoms with E-state index in [0.29, 0.717) is 33.3 Å². The summed E-state index contributed by atoms with van der Waals surface area (Å²) in [5, 5.41) is 4.56. The Morgan fingerprint density at radius 1 is 1.03 bits per heavy atom. The zero-order chi connectivity index (χ0) is 23.0. The summed E-state index contributed by atoms with van der Waals surface area (Å²) >= 11 is 19.8. The van der Waals surface area contributed by atoms with E-state index in [-0.39, 0.29) is 24.1 Å². The first kappa shape index (κ1) is 25.9. The molecule has 2 rings (SSSR count). The number of hydrogen-bond donors (Lipinski definition) is 1. The molecule has 1 N–H and O–H groups in total. The summed E-state index contributed by atoms with van der Waals surface area (Å²) in [5.41, 5.74) is 1.78. The Kier molecular flexibility index (Phi) is 10.5. The van der Waals surface area contributed by atoms with E-state index in [1.54, 1.807) is 30.0 Å². The van der Waals surface area contributed by atoms with E-state index < -0.39 is 6.04 Å². The molecule has 0 aromatic heterocycles. The highest BCUT2D eigenvalue weighted by atomic mass is 35.5. The third-order valence-electron chi connectivity index (χ3n) is 4.59. The van der Waals surface area contributed by atoms with Gasteiger partial charge in [0.2, 0.25) is 11.8 Å². The van der Waals surface area contributed by atoms with Gasteiger partial charge < -0.3 is 10.2 Å². The first-order valence-corrected chi connectivity index (χ1v) is 12.3. The molecule has 31 heavy (non-hydrogen) atoms. The fourth-order valence-electron chi connectivity index (χ4n) is 2.83. The Balaban J connectivity index is 2.10. The van der Waals surface area contributed by atoms with E-state index in [0.717, 1.165) is 11.1 Å². The van der Waals surface area contributed by atoms with Gasteiger partial charge in [0, 0.05) is 33.9 Å². The van der Waals surface area contributed by atoms with Crippen LogP contribution in [0.25, 0.3) is 0 Å². The van der Waals surface area contributed by atoms with Gasteiger partial charge in [-0.1, -0.05) is 66.8 Å². The van der Waals surface area contributed by atoms with Crippen molar-refractivity contribution in [2.24, 2.45) is 5.92 Å². The number of amides is 2. The molecule has 8 heteroatoms. The third kappa shape index (κ3) is 8.57. The molecular formula is C23H27Cl3N2O2S. The molecule has 0 spiro atoms. The standard InChI is InChI=1S/C23H27Cl3N2O2S/c1-15(2)11-27-23(30)16(3)28(12-18-7-8-20(25)10-21(18)26)22(29)14-31-13-17-5-4-6-19(24)9-17/h4-10,15-16H,11-14H2,1-3H3,(H,27,30)/t16-/m1/s1. The van der Waals surface area contributed by atoms with Gasteiger partial charge in [-0.25, -0.2) is 0 Å². The van der Waals surface area contributed by atoms with Crippen LogP contribution in [-0.4, -0.2) is 35.1 Å². The van der Waals surface area contributed by atoms with E-state index in [4.69, 9.17) is 34.8 Å². The Morgan fingerprint density at radius 3 is 2.39 bits per heavy atom. The normalized spacial score (nSPS) is 12.0. The van der Waals surface area contributed by atoms with Gasteiger partial charge in [0.25, 0.3) is 0 Å². The zero-order valence-electron chi connectivity index (χ0n) is 17.8. The molecule has 0 bridgehead atoms. The zero-order valence-corrected chi connectivity index (χ0v) is 20.9. The van der Waals surface area contributed by atoms with Crippen molar-refractivity contribution < 1.29 is 9.59 Å². The summed E-state index contributed by atoms with van der Waals surface area (Å²) in [4.78, 5) is 27.3. The van der Waals surface area contributed by atoms with Crippen LogP contribution in [0.5, 0.6) is 0 Å². The van der Waals surface area contributed by atoms with E-state index in [9.17, 15) is 9.59 Å². The van der Waals surface area contributed by atoms with Crippen LogP contribution in [0.4, 0.5) is 0 Å². The van der Waals surface area contributed by atoms with Crippen molar-refractivity contribution in [3.05, 3.63) is 68.7 Å². The van der Waals surface area contributed by atoms with Crippen molar-refractivity contribution in [1.29, 1.82) is 0 Å². The van der Waals surface area contributed by atoms with Crippen molar-refractivity contribution in [2.45, 2.75) is 39.1 Å². The van der Waals surface area contributed by atoms with Gasteiger partial charge in [-0.2, -0.15) is 0 Å². The molecule has 0 aliphatic carbocycles. The lowest BCUT2D eigenvalue weighted by molar-refractivity contribution is -0.138. The molecular weight excluding hydrogens is 475 g/mol. The van der Waals surface area contributed by atoms with Crippen LogP contribution >= 0.6 is 46.6 Å². The second-order valence-corrected chi connectivity index (χ2v) is 9.96. The van der Waals surface area contributed by atoms with E-state index in [1.165, 1.54) is 11.8 Å². The lowest BCUT2D eigenvalue weighted by Crippen LogP contribution is -2.48. The minimum absolute atomic E-state index is 0.134. The predicted octanol–water partition coefficient (Wildman–Crippen LogP) is 6.07. The highest BCUT2D eigenvalue weighted by molar-refractivity contribution is 7.99. The van der Waals surface area contributed by atoms with Gasteiger partial charge in [0.15, 0.2) is 0 Å². The first-order chi connectivity index (χ1) is 14.7. The number of rotatable bonds is 10. The summed E-state index contributed by atoms with van der Waals surface area (Å²) in [7, 11) is 0. The number of nitrogens with zero attached hydrogens (tertiary/aromatic N) is 1. The first-order valence-electron chi connectivity index (χ1n) is 10.0.